The van der Waals surface area contributed by atoms with E-state index in [4.69, 9.17) is 0 Å². The van der Waals surface area contributed by atoms with Gasteiger partial charge in [0.25, 0.3) is 0 Å². The Bertz CT molecular complexity index is 738. The summed E-state index contributed by atoms with van der Waals surface area (Å²) in [5.41, 5.74) is 4.47. The zero-order valence-corrected chi connectivity index (χ0v) is 16.2. The summed E-state index contributed by atoms with van der Waals surface area (Å²) >= 11 is 0. The molecule has 26 heavy (non-hydrogen) atoms. The maximum absolute atomic E-state index is 12.3. The molecule has 1 amide bonds. The number of likely N-dealkylation sites (tertiary alicyclic amines) is 1. The van der Waals surface area contributed by atoms with Gasteiger partial charge < -0.3 is 5.32 Å². The molecule has 5 heteroatoms. The topological polar surface area (TPSA) is 50.2 Å². The van der Waals surface area contributed by atoms with Crippen LogP contribution < -0.4 is 5.32 Å². The number of nitrogens with one attached hydrogen (secondary N) is 1. The van der Waals surface area contributed by atoms with Gasteiger partial charge in [-0.25, -0.2) is 0 Å². The van der Waals surface area contributed by atoms with Crippen LogP contribution in [-0.2, 0) is 17.9 Å². The Morgan fingerprint density at radius 1 is 1.27 bits per heavy atom. The Morgan fingerprint density at radius 3 is 2.77 bits per heavy atom. The largest absolute Gasteiger partial charge is 0.351 e. The molecule has 1 atom stereocenters. The first-order valence-corrected chi connectivity index (χ1v) is 9.58. The number of piperidine rings is 1. The summed E-state index contributed by atoms with van der Waals surface area (Å²) in [6.07, 6.45) is 2.47. The zero-order chi connectivity index (χ0) is 18.5. The molecule has 1 aliphatic heterocycles. The molecule has 140 valence electrons. The van der Waals surface area contributed by atoms with Gasteiger partial charge >= 0.3 is 0 Å². The average molecular weight is 354 g/mol. The number of aryl methyl sites for hydroxylation is 1. The Labute approximate surface area is 156 Å². The molecule has 2 aromatic rings. The van der Waals surface area contributed by atoms with Crippen LogP contribution in [0.5, 0.6) is 0 Å². The second-order valence-corrected chi connectivity index (χ2v) is 7.55. The summed E-state index contributed by atoms with van der Waals surface area (Å²) in [7, 11) is 0. The van der Waals surface area contributed by atoms with Gasteiger partial charge in [0.15, 0.2) is 0 Å². The minimum Gasteiger partial charge on any atom is -0.351 e. The average Bonchev–Trinajstić information content (AvgIpc) is 2.87. The molecule has 0 radical (unpaired) electrons. The van der Waals surface area contributed by atoms with Crippen molar-refractivity contribution >= 4 is 5.91 Å². The highest BCUT2D eigenvalue weighted by atomic mass is 16.2. The Kier molecular flexibility index (Phi) is 6.09. The maximum Gasteiger partial charge on any atom is 0.234 e. The van der Waals surface area contributed by atoms with Gasteiger partial charge in [-0.05, 0) is 44.7 Å². The summed E-state index contributed by atoms with van der Waals surface area (Å²) in [5, 5.41) is 7.75. The van der Waals surface area contributed by atoms with Crippen LogP contribution >= 0.6 is 0 Å². The molecule has 1 fully saturated rings. The van der Waals surface area contributed by atoms with Crippen molar-refractivity contribution in [3.8, 4) is 0 Å². The lowest BCUT2D eigenvalue weighted by atomic mass is 10.0. The highest BCUT2D eigenvalue weighted by Crippen LogP contribution is 2.16. The molecule has 1 unspecified atom stereocenters. The fourth-order valence-corrected chi connectivity index (χ4v) is 3.78. The van der Waals surface area contributed by atoms with Gasteiger partial charge in [-0.2, -0.15) is 5.10 Å². The highest BCUT2D eigenvalue weighted by molar-refractivity contribution is 5.78. The van der Waals surface area contributed by atoms with E-state index in [1.54, 1.807) is 0 Å². The van der Waals surface area contributed by atoms with Crippen LogP contribution in [0.2, 0.25) is 0 Å². The number of carbonyl (C=O) groups excluding carboxylic acids is 1. The molecule has 1 saturated heterocycles. The first-order chi connectivity index (χ1) is 12.5. The van der Waals surface area contributed by atoms with Gasteiger partial charge in [0.1, 0.15) is 0 Å². The van der Waals surface area contributed by atoms with Gasteiger partial charge in [0.2, 0.25) is 5.91 Å². The summed E-state index contributed by atoms with van der Waals surface area (Å²) in [5.74, 6) is 0.797. The van der Waals surface area contributed by atoms with E-state index in [1.165, 1.54) is 18.4 Å². The second-order valence-electron chi connectivity index (χ2n) is 7.55. The third kappa shape index (κ3) is 4.73. The van der Waals surface area contributed by atoms with Gasteiger partial charge in [0.05, 0.1) is 18.8 Å². The molecule has 5 nitrogen and oxygen atoms in total. The fourth-order valence-electron chi connectivity index (χ4n) is 3.78. The smallest absolute Gasteiger partial charge is 0.234 e. The molecule has 0 bridgehead atoms. The number of hydrogen-bond donors (Lipinski definition) is 1. The Balaban J connectivity index is 1.57. The Morgan fingerprint density at radius 2 is 2.04 bits per heavy atom. The quantitative estimate of drug-likeness (QED) is 0.868. The summed E-state index contributed by atoms with van der Waals surface area (Å²) in [6.45, 7) is 10.2. The summed E-state index contributed by atoms with van der Waals surface area (Å²) in [4.78, 5) is 14.6. The lowest BCUT2D eigenvalue weighted by Crippen LogP contribution is -2.41. The number of nitrogens with zero attached hydrogens (tertiary/aromatic N) is 3. The predicted octanol–water partition coefficient (Wildman–Crippen LogP) is 2.90. The van der Waals surface area contributed by atoms with E-state index in [0.717, 1.165) is 36.6 Å². The lowest BCUT2D eigenvalue weighted by Gasteiger charge is -2.30. The first-order valence-electron chi connectivity index (χ1n) is 9.58. The van der Waals surface area contributed by atoms with Crippen LogP contribution in [0.3, 0.4) is 0 Å². The molecule has 3 rings (SSSR count). The van der Waals surface area contributed by atoms with Gasteiger partial charge in [0, 0.05) is 24.3 Å². The third-order valence-electron chi connectivity index (χ3n) is 5.28. The van der Waals surface area contributed by atoms with E-state index in [1.807, 2.05) is 29.8 Å². The van der Waals surface area contributed by atoms with E-state index >= 15 is 0 Å². The minimum absolute atomic E-state index is 0.105. The SMILES string of the molecule is Cc1nn(Cc2ccccc2)c(C)c1CNC(=O)CN1CCCC(C)C1. The molecule has 0 saturated carbocycles. The third-order valence-corrected chi connectivity index (χ3v) is 5.28. The predicted molar refractivity (Wildman–Crippen MR) is 104 cm³/mol. The monoisotopic (exact) mass is 354 g/mol. The molecule has 2 heterocycles. The van der Waals surface area contributed by atoms with Crippen LogP contribution in [0.15, 0.2) is 30.3 Å². The van der Waals surface area contributed by atoms with E-state index in [9.17, 15) is 4.79 Å². The first kappa shape index (κ1) is 18.6. The standard InChI is InChI=1S/C21H30N4O/c1-16-8-7-11-24(13-16)15-21(26)22-12-20-17(2)23-25(18(20)3)14-19-9-5-4-6-10-19/h4-6,9-10,16H,7-8,11-15H2,1-3H3,(H,22,26). The van der Waals surface area contributed by atoms with Crippen molar-refractivity contribution in [2.45, 2.75) is 46.7 Å². The molecular weight excluding hydrogens is 324 g/mol. The van der Waals surface area contributed by atoms with Crippen molar-refractivity contribution in [3.05, 3.63) is 52.8 Å². The maximum atomic E-state index is 12.3. The van der Waals surface area contributed by atoms with E-state index < -0.39 is 0 Å². The van der Waals surface area contributed by atoms with Crippen LogP contribution in [0.1, 0.15) is 42.3 Å². The van der Waals surface area contributed by atoms with Crippen LogP contribution in [-0.4, -0.2) is 40.2 Å². The van der Waals surface area contributed by atoms with Crippen LogP contribution in [0.25, 0.3) is 0 Å². The van der Waals surface area contributed by atoms with E-state index in [0.29, 0.717) is 19.0 Å². The number of hydrogen-bond acceptors (Lipinski definition) is 3. The number of aromatic nitrogens is 2. The number of rotatable bonds is 6. The van der Waals surface area contributed by atoms with Crippen molar-refractivity contribution in [1.29, 1.82) is 0 Å². The van der Waals surface area contributed by atoms with E-state index in [2.05, 4.69) is 41.3 Å². The van der Waals surface area contributed by atoms with Crippen molar-refractivity contribution in [2.75, 3.05) is 19.6 Å². The van der Waals surface area contributed by atoms with Crippen molar-refractivity contribution < 1.29 is 4.79 Å². The van der Waals surface area contributed by atoms with Crippen molar-refractivity contribution in [1.82, 2.24) is 20.0 Å². The summed E-state index contributed by atoms with van der Waals surface area (Å²) < 4.78 is 2.03. The number of benzene rings is 1. The zero-order valence-electron chi connectivity index (χ0n) is 16.2. The lowest BCUT2D eigenvalue weighted by molar-refractivity contribution is -0.122. The second kappa shape index (κ2) is 8.49. The molecule has 1 aliphatic rings. The van der Waals surface area contributed by atoms with Crippen molar-refractivity contribution in [2.24, 2.45) is 5.92 Å². The van der Waals surface area contributed by atoms with Crippen LogP contribution in [0, 0.1) is 19.8 Å². The molecule has 1 aromatic heterocycles. The number of amides is 1. The van der Waals surface area contributed by atoms with Gasteiger partial charge in [-0.15, -0.1) is 0 Å². The van der Waals surface area contributed by atoms with E-state index in [-0.39, 0.29) is 5.91 Å². The summed E-state index contributed by atoms with van der Waals surface area (Å²) in [6, 6.07) is 10.3. The van der Waals surface area contributed by atoms with Gasteiger partial charge in [-0.3, -0.25) is 14.4 Å². The minimum atomic E-state index is 0.105. The molecule has 1 N–H and O–H groups in total. The molecule has 0 aliphatic carbocycles. The fraction of sp³-hybridized carbons (Fsp3) is 0.524. The van der Waals surface area contributed by atoms with Crippen molar-refractivity contribution in [3.63, 3.8) is 0 Å². The highest BCUT2D eigenvalue weighted by Gasteiger charge is 2.19. The molecule has 0 spiro atoms. The number of carbonyl (C=O) groups is 1. The van der Waals surface area contributed by atoms with Gasteiger partial charge in [-0.1, -0.05) is 37.3 Å². The van der Waals surface area contributed by atoms with Crippen LogP contribution in [0.4, 0.5) is 0 Å². The molecular formula is C21H30N4O. The molecule has 1 aromatic carbocycles. The Hall–Kier alpha value is -2.14. The normalized spacial score (nSPS) is 18.0.